The summed E-state index contributed by atoms with van der Waals surface area (Å²) in [7, 11) is 1.94. The average molecular weight is 268 g/mol. The van der Waals surface area contributed by atoms with Gasteiger partial charge in [0.05, 0.1) is 5.69 Å². The smallest absolute Gasteiger partial charge is 0.242 e. The van der Waals surface area contributed by atoms with E-state index in [-0.39, 0.29) is 11.9 Å². The molecule has 1 aliphatic heterocycles. The number of aryl methyl sites for hydroxylation is 1. The van der Waals surface area contributed by atoms with Crippen molar-refractivity contribution in [3.63, 3.8) is 0 Å². The number of thiazole rings is 1. The van der Waals surface area contributed by atoms with Crippen molar-refractivity contribution in [3.05, 3.63) is 10.6 Å². The van der Waals surface area contributed by atoms with Gasteiger partial charge in [-0.3, -0.25) is 4.79 Å². The van der Waals surface area contributed by atoms with Crippen LogP contribution in [0.25, 0.3) is 0 Å². The minimum atomic E-state index is -0.137. The van der Waals surface area contributed by atoms with E-state index in [9.17, 15) is 4.79 Å². The summed E-state index contributed by atoms with van der Waals surface area (Å²) < 4.78 is 0. The van der Waals surface area contributed by atoms with Gasteiger partial charge >= 0.3 is 0 Å². The van der Waals surface area contributed by atoms with Gasteiger partial charge in [-0.25, -0.2) is 4.98 Å². The summed E-state index contributed by atoms with van der Waals surface area (Å²) >= 11 is 1.68. The Labute approximate surface area is 112 Å². The molecule has 18 heavy (non-hydrogen) atoms. The van der Waals surface area contributed by atoms with E-state index in [0.29, 0.717) is 12.6 Å². The first kappa shape index (κ1) is 13.3. The third kappa shape index (κ3) is 2.35. The molecule has 0 spiro atoms. The first-order valence-electron chi connectivity index (χ1n) is 6.23. The molecule has 1 aromatic heterocycles. The molecular formula is C12H20N4OS. The topological polar surface area (TPSA) is 57.3 Å². The van der Waals surface area contributed by atoms with Crippen molar-refractivity contribution in [2.45, 2.75) is 32.9 Å². The van der Waals surface area contributed by atoms with Crippen LogP contribution in [0.5, 0.6) is 0 Å². The summed E-state index contributed by atoms with van der Waals surface area (Å²) in [6.07, 6.45) is 0. The summed E-state index contributed by atoms with van der Waals surface area (Å²) in [5.74, 6) is 0.0809. The van der Waals surface area contributed by atoms with Crippen LogP contribution >= 0.6 is 11.3 Å². The van der Waals surface area contributed by atoms with Crippen molar-refractivity contribution in [1.29, 1.82) is 0 Å². The fourth-order valence-corrected chi connectivity index (χ4v) is 3.33. The Balaban J connectivity index is 2.26. The van der Waals surface area contributed by atoms with Gasteiger partial charge in [0, 0.05) is 24.0 Å². The molecule has 5 nitrogen and oxygen atoms in total. The Hall–Kier alpha value is -1.14. The fourth-order valence-electron chi connectivity index (χ4n) is 2.09. The second-order valence-corrected chi connectivity index (χ2v) is 5.63. The molecular weight excluding hydrogens is 248 g/mol. The summed E-state index contributed by atoms with van der Waals surface area (Å²) in [5, 5.41) is 7.05. The summed E-state index contributed by atoms with van der Waals surface area (Å²) in [6, 6.07) is 0.159. The van der Waals surface area contributed by atoms with Gasteiger partial charge in [0.2, 0.25) is 5.91 Å². The van der Waals surface area contributed by atoms with Crippen molar-refractivity contribution in [1.82, 2.24) is 15.6 Å². The Morgan fingerprint density at radius 2 is 2.33 bits per heavy atom. The van der Waals surface area contributed by atoms with E-state index in [1.807, 2.05) is 20.9 Å². The van der Waals surface area contributed by atoms with Crippen molar-refractivity contribution >= 4 is 22.4 Å². The van der Waals surface area contributed by atoms with Crippen molar-refractivity contribution < 1.29 is 4.79 Å². The quantitative estimate of drug-likeness (QED) is 0.860. The normalized spacial score (nSPS) is 21.9. The molecule has 100 valence electrons. The van der Waals surface area contributed by atoms with Crippen molar-refractivity contribution in [2.24, 2.45) is 0 Å². The number of carbonyl (C=O) groups excluding carboxylic acids is 1. The van der Waals surface area contributed by atoms with Crippen LogP contribution in [0.4, 0.5) is 5.13 Å². The third-order valence-electron chi connectivity index (χ3n) is 3.39. The predicted molar refractivity (Wildman–Crippen MR) is 74.1 cm³/mol. The standard InChI is InChI=1S/C12H20N4OS/c1-7(13-4)10-8(2)15-12(18-10)16-6-5-14-11(17)9(16)3/h7,9,13H,5-6H2,1-4H3,(H,14,17). The molecule has 0 bridgehead atoms. The highest BCUT2D eigenvalue weighted by Gasteiger charge is 2.28. The zero-order valence-electron chi connectivity index (χ0n) is 11.3. The molecule has 1 aliphatic rings. The van der Waals surface area contributed by atoms with Crippen LogP contribution < -0.4 is 15.5 Å². The molecule has 0 saturated carbocycles. The fraction of sp³-hybridized carbons (Fsp3) is 0.667. The average Bonchev–Trinajstić information content (AvgIpc) is 2.73. The number of hydrogen-bond donors (Lipinski definition) is 2. The van der Waals surface area contributed by atoms with Crippen molar-refractivity contribution in [2.75, 3.05) is 25.0 Å². The highest BCUT2D eigenvalue weighted by molar-refractivity contribution is 7.15. The van der Waals surface area contributed by atoms with Gasteiger partial charge in [0.1, 0.15) is 6.04 Å². The van der Waals surface area contributed by atoms with Gasteiger partial charge in [-0.05, 0) is 27.8 Å². The lowest BCUT2D eigenvalue weighted by atomic mass is 10.2. The Morgan fingerprint density at radius 3 is 3.00 bits per heavy atom. The molecule has 2 atom stereocenters. The molecule has 1 fully saturated rings. The summed E-state index contributed by atoms with van der Waals surface area (Å²) in [4.78, 5) is 19.6. The van der Waals surface area contributed by atoms with E-state index >= 15 is 0 Å². The number of hydrogen-bond acceptors (Lipinski definition) is 5. The minimum absolute atomic E-state index is 0.0809. The highest BCUT2D eigenvalue weighted by atomic mass is 32.1. The van der Waals surface area contributed by atoms with E-state index < -0.39 is 0 Å². The van der Waals surface area contributed by atoms with E-state index in [4.69, 9.17) is 0 Å². The molecule has 1 aromatic rings. The van der Waals surface area contributed by atoms with Crippen LogP contribution in [0.15, 0.2) is 0 Å². The molecule has 2 N–H and O–H groups in total. The monoisotopic (exact) mass is 268 g/mol. The van der Waals surface area contributed by atoms with Crippen LogP contribution in [0, 0.1) is 6.92 Å². The maximum absolute atomic E-state index is 11.7. The number of rotatable bonds is 3. The molecule has 2 rings (SSSR count). The third-order valence-corrected chi connectivity index (χ3v) is 4.77. The van der Waals surface area contributed by atoms with Gasteiger partial charge in [-0.1, -0.05) is 11.3 Å². The molecule has 2 heterocycles. The lowest BCUT2D eigenvalue weighted by Crippen LogP contribution is -2.54. The Morgan fingerprint density at radius 1 is 1.61 bits per heavy atom. The number of anilines is 1. The second kappa shape index (κ2) is 5.24. The maximum Gasteiger partial charge on any atom is 0.242 e. The Bertz CT molecular complexity index is 445. The molecule has 2 unspecified atom stereocenters. The van der Waals surface area contributed by atoms with E-state index in [2.05, 4.69) is 27.4 Å². The van der Waals surface area contributed by atoms with Gasteiger partial charge < -0.3 is 15.5 Å². The SMILES string of the molecule is CNC(C)c1sc(N2CCNC(=O)C2C)nc1C. The van der Waals surface area contributed by atoms with Gasteiger partial charge in [-0.15, -0.1) is 0 Å². The minimum Gasteiger partial charge on any atom is -0.353 e. The number of nitrogens with zero attached hydrogens (tertiary/aromatic N) is 2. The maximum atomic E-state index is 11.7. The van der Waals surface area contributed by atoms with Gasteiger partial charge in [-0.2, -0.15) is 0 Å². The van der Waals surface area contributed by atoms with Crippen LogP contribution in [-0.2, 0) is 4.79 Å². The molecule has 0 aromatic carbocycles. The summed E-state index contributed by atoms with van der Waals surface area (Å²) in [6.45, 7) is 7.59. The lowest BCUT2D eigenvalue weighted by Gasteiger charge is -2.32. The van der Waals surface area contributed by atoms with Crippen LogP contribution in [0.3, 0.4) is 0 Å². The first-order valence-corrected chi connectivity index (χ1v) is 7.05. The zero-order chi connectivity index (χ0) is 13.3. The molecule has 0 radical (unpaired) electrons. The van der Waals surface area contributed by atoms with Crippen LogP contribution in [0.2, 0.25) is 0 Å². The Kier molecular flexibility index (Phi) is 3.87. The molecule has 1 saturated heterocycles. The number of carbonyl (C=O) groups is 1. The highest BCUT2D eigenvalue weighted by Crippen LogP contribution is 2.31. The predicted octanol–water partition coefficient (Wildman–Crippen LogP) is 1.06. The number of piperazine rings is 1. The van der Waals surface area contributed by atoms with Gasteiger partial charge in [0.25, 0.3) is 0 Å². The van der Waals surface area contributed by atoms with Gasteiger partial charge in [0.15, 0.2) is 5.13 Å². The van der Waals surface area contributed by atoms with E-state index in [1.165, 1.54) is 4.88 Å². The number of amides is 1. The van der Waals surface area contributed by atoms with Crippen molar-refractivity contribution in [3.8, 4) is 0 Å². The van der Waals surface area contributed by atoms with Crippen LogP contribution in [0.1, 0.15) is 30.5 Å². The van der Waals surface area contributed by atoms with E-state index in [1.54, 1.807) is 11.3 Å². The number of nitrogens with one attached hydrogen (secondary N) is 2. The van der Waals surface area contributed by atoms with E-state index in [0.717, 1.165) is 17.4 Å². The summed E-state index contributed by atoms with van der Waals surface area (Å²) in [5.41, 5.74) is 1.05. The number of aromatic nitrogens is 1. The lowest BCUT2D eigenvalue weighted by molar-refractivity contribution is -0.122. The first-order chi connectivity index (χ1) is 8.54. The molecule has 0 aliphatic carbocycles. The van der Waals surface area contributed by atoms with Crippen LogP contribution in [-0.4, -0.2) is 37.1 Å². The molecule has 1 amide bonds. The largest absolute Gasteiger partial charge is 0.353 e. The molecule has 6 heteroatoms. The zero-order valence-corrected chi connectivity index (χ0v) is 12.1. The second-order valence-electron chi connectivity index (χ2n) is 4.62.